The van der Waals surface area contributed by atoms with E-state index in [2.05, 4.69) is 12.2 Å². The average molecular weight is 296 g/mol. The molecule has 0 bridgehead atoms. The highest BCUT2D eigenvalue weighted by Crippen LogP contribution is 2.25. The van der Waals surface area contributed by atoms with Gasteiger partial charge < -0.3 is 10.2 Å². The Balaban J connectivity index is 2.70. The molecule has 122 valence electrons. The lowest BCUT2D eigenvalue weighted by atomic mass is 9.86. The fourth-order valence-corrected chi connectivity index (χ4v) is 2.85. The standard InChI is InChI=1S/C17H32N2O2/c1-6-7-8-9-10-11-19-13(2)12-14(20)18-15(16(19)21)17(3,4)5/h13,15H,6-12H2,1-5H3,(H,18,20). The molecule has 1 heterocycles. The van der Waals surface area contributed by atoms with Gasteiger partial charge in [-0.25, -0.2) is 0 Å². The summed E-state index contributed by atoms with van der Waals surface area (Å²) in [5.41, 5.74) is -0.253. The number of nitrogens with one attached hydrogen (secondary N) is 1. The van der Waals surface area contributed by atoms with Gasteiger partial charge in [0.1, 0.15) is 6.04 Å². The van der Waals surface area contributed by atoms with Crippen LogP contribution in [0.5, 0.6) is 0 Å². The van der Waals surface area contributed by atoms with E-state index in [-0.39, 0.29) is 23.3 Å². The Bertz CT molecular complexity index is 360. The van der Waals surface area contributed by atoms with Crippen molar-refractivity contribution in [2.75, 3.05) is 6.54 Å². The van der Waals surface area contributed by atoms with E-state index in [4.69, 9.17) is 0 Å². The maximum absolute atomic E-state index is 12.8. The van der Waals surface area contributed by atoms with Crippen LogP contribution in [0.4, 0.5) is 0 Å². The minimum Gasteiger partial charge on any atom is -0.344 e. The smallest absolute Gasteiger partial charge is 0.245 e. The highest BCUT2D eigenvalue weighted by Gasteiger charge is 2.39. The molecule has 1 N–H and O–H groups in total. The summed E-state index contributed by atoms with van der Waals surface area (Å²) in [6.45, 7) is 11.0. The average Bonchev–Trinajstić information content (AvgIpc) is 2.47. The van der Waals surface area contributed by atoms with Gasteiger partial charge in [0, 0.05) is 19.0 Å². The summed E-state index contributed by atoms with van der Waals surface area (Å²) in [5.74, 6) is 0.0700. The minimum absolute atomic E-state index is 0.00368. The molecule has 1 saturated heterocycles. The number of unbranched alkanes of at least 4 members (excludes halogenated alkanes) is 4. The van der Waals surface area contributed by atoms with E-state index >= 15 is 0 Å². The zero-order valence-electron chi connectivity index (χ0n) is 14.4. The highest BCUT2D eigenvalue weighted by atomic mass is 16.2. The Morgan fingerprint density at radius 1 is 1.14 bits per heavy atom. The largest absolute Gasteiger partial charge is 0.344 e. The molecule has 4 nitrogen and oxygen atoms in total. The van der Waals surface area contributed by atoms with Crippen molar-refractivity contribution in [3.63, 3.8) is 0 Å². The van der Waals surface area contributed by atoms with Crippen LogP contribution < -0.4 is 5.32 Å². The Morgan fingerprint density at radius 3 is 2.33 bits per heavy atom. The molecule has 2 amide bonds. The number of hydrogen-bond donors (Lipinski definition) is 1. The second kappa shape index (κ2) is 7.81. The zero-order chi connectivity index (χ0) is 16.0. The molecule has 0 aromatic heterocycles. The molecule has 1 fully saturated rings. The topological polar surface area (TPSA) is 49.4 Å². The number of carbonyl (C=O) groups excluding carboxylic acids is 2. The lowest BCUT2D eigenvalue weighted by Crippen LogP contribution is -2.52. The van der Waals surface area contributed by atoms with Crippen molar-refractivity contribution < 1.29 is 9.59 Å². The molecular formula is C17H32N2O2. The van der Waals surface area contributed by atoms with E-state index in [1.54, 1.807) is 0 Å². The Kier molecular flexibility index (Phi) is 6.69. The summed E-state index contributed by atoms with van der Waals surface area (Å²) in [6.07, 6.45) is 6.31. The molecule has 21 heavy (non-hydrogen) atoms. The number of carbonyl (C=O) groups is 2. The first-order valence-corrected chi connectivity index (χ1v) is 8.37. The van der Waals surface area contributed by atoms with Crippen molar-refractivity contribution in [1.82, 2.24) is 10.2 Å². The molecule has 1 aliphatic heterocycles. The van der Waals surface area contributed by atoms with Crippen LogP contribution in [0.25, 0.3) is 0 Å². The number of nitrogens with zero attached hydrogens (tertiary/aromatic N) is 1. The molecule has 0 aromatic carbocycles. The van der Waals surface area contributed by atoms with Gasteiger partial charge in [0.25, 0.3) is 0 Å². The zero-order valence-corrected chi connectivity index (χ0v) is 14.4. The molecule has 2 unspecified atom stereocenters. The normalized spacial score (nSPS) is 24.0. The molecule has 4 heteroatoms. The van der Waals surface area contributed by atoms with Gasteiger partial charge in [-0.05, 0) is 18.8 Å². The Hall–Kier alpha value is -1.06. The maximum atomic E-state index is 12.8. The van der Waals surface area contributed by atoms with Crippen LogP contribution in [0, 0.1) is 5.41 Å². The lowest BCUT2D eigenvalue weighted by molar-refractivity contribution is -0.137. The molecule has 1 aliphatic rings. The summed E-state index contributed by atoms with van der Waals surface area (Å²) in [4.78, 5) is 26.7. The first kappa shape index (κ1) is 18.0. The van der Waals surface area contributed by atoms with E-state index in [9.17, 15) is 9.59 Å². The second-order valence-electron chi connectivity index (χ2n) is 7.37. The maximum Gasteiger partial charge on any atom is 0.245 e. The van der Waals surface area contributed by atoms with E-state index < -0.39 is 6.04 Å². The van der Waals surface area contributed by atoms with Crippen molar-refractivity contribution in [3.05, 3.63) is 0 Å². The third-order valence-corrected chi connectivity index (χ3v) is 4.22. The van der Waals surface area contributed by atoms with E-state index in [0.29, 0.717) is 6.42 Å². The van der Waals surface area contributed by atoms with Crippen molar-refractivity contribution >= 4 is 11.8 Å². The minimum atomic E-state index is -0.411. The molecule has 0 radical (unpaired) electrons. The van der Waals surface area contributed by atoms with Gasteiger partial charge in [-0.2, -0.15) is 0 Å². The third-order valence-electron chi connectivity index (χ3n) is 4.22. The monoisotopic (exact) mass is 296 g/mol. The molecular weight excluding hydrogens is 264 g/mol. The van der Waals surface area contributed by atoms with Gasteiger partial charge in [0.15, 0.2) is 0 Å². The fraction of sp³-hybridized carbons (Fsp3) is 0.882. The fourth-order valence-electron chi connectivity index (χ4n) is 2.85. The third kappa shape index (κ3) is 5.33. The van der Waals surface area contributed by atoms with Gasteiger partial charge in [-0.1, -0.05) is 53.4 Å². The molecule has 0 aromatic rings. The van der Waals surface area contributed by atoms with Gasteiger partial charge in [-0.15, -0.1) is 0 Å². The van der Waals surface area contributed by atoms with Crippen LogP contribution >= 0.6 is 0 Å². The van der Waals surface area contributed by atoms with Gasteiger partial charge >= 0.3 is 0 Å². The predicted octanol–water partition coefficient (Wildman–Crippen LogP) is 3.11. The molecule has 0 aliphatic carbocycles. The van der Waals surface area contributed by atoms with Crippen LogP contribution in [0.15, 0.2) is 0 Å². The van der Waals surface area contributed by atoms with Gasteiger partial charge in [-0.3, -0.25) is 9.59 Å². The van der Waals surface area contributed by atoms with E-state index in [0.717, 1.165) is 19.4 Å². The van der Waals surface area contributed by atoms with Crippen molar-refractivity contribution in [1.29, 1.82) is 0 Å². The highest BCUT2D eigenvalue weighted by molar-refractivity contribution is 5.91. The summed E-state index contributed by atoms with van der Waals surface area (Å²) < 4.78 is 0. The van der Waals surface area contributed by atoms with Crippen molar-refractivity contribution in [3.8, 4) is 0 Å². The summed E-state index contributed by atoms with van der Waals surface area (Å²) >= 11 is 0. The summed E-state index contributed by atoms with van der Waals surface area (Å²) in [7, 11) is 0. The SMILES string of the molecule is CCCCCCCN1C(=O)C(C(C)(C)C)NC(=O)CC1C. The Labute approximate surface area is 129 Å². The lowest BCUT2D eigenvalue weighted by Gasteiger charge is -2.34. The van der Waals surface area contributed by atoms with Crippen LogP contribution in [-0.2, 0) is 9.59 Å². The van der Waals surface area contributed by atoms with Crippen LogP contribution in [0.1, 0.15) is 73.1 Å². The summed E-state index contributed by atoms with van der Waals surface area (Å²) in [5, 5.41) is 2.91. The first-order valence-electron chi connectivity index (χ1n) is 8.37. The first-order chi connectivity index (χ1) is 9.77. The predicted molar refractivity (Wildman–Crippen MR) is 85.9 cm³/mol. The molecule has 2 atom stereocenters. The quantitative estimate of drug-likeness (QED) is 0.766. The van der Waals surface area contributed by atoms with Crippen molar-refractivity contribution in [2.24, 2.45) is 5.41 Å². The second-order valence-corrected chi connectivity index (χ2v) is 7.37. The molecule has 0 spiro atoms. The molecule has 0 saturated carbocycles. The van der Waals surface area contributed by atoms with Crippen molar-refractivity contribution in [2.45, 2.75) is 85.2 Å². The van der Waals surface area contributed by atoms with Crippen LogP contribution in [0.3, 0.4) is 0 Å². The van der Waals surface area contributed by atoms with Gasteiger partial charge in [0.05, 0.1) is 0 Å². The Morgan fingerprint density at radius 2 is 1.76 bits per heavy atom. The number of rotatable bonds is 6. The van der Waals surface area contributed by atoms with Gasteiger partial charge in [0.2, 0.25) is 11.8 Å². The number of hydrogen-bond acceptors (Lipinski definition) is 2. The van der Waals surface area contributed by atoms with Crippen LogP contribution in [-0.4, -0.2) is 35.3 Å². The summed E-state index contributed by atoms with van der Waals surface area (Å²) in [6, 6.07) is -0.415. The molecule has 1 rings (SSSR count). The van der Waals surface area contributed by atoms with E-state index in [1.165, 1.54) is 19.3 Å². The van der Waals surface area contributed by atoms with E-state index in [1.807, 2.05) is 32.6 Å². The van der Waals surface area contributed by atoms with Crippen LogP contribution in [0.2, 0.25) is 0 Å². The number of amides is 2.